The second-order valence-corrected chi connectivity index (χ2v) is 11.0. The number of aromatic nitrogens is 1. The SMILES string of the molecule is CCCCCCCn1c(O)c(C2Sc3ccc(C(C)(C)C)cc3S2)oc1=S. The first-order chi connectivity index (χ1) is 12.8. The van der Waals surface area contributed by atoms with Gasteiger partial charge in [-0.2, -0.15) is 0 Å². The highest BCUT2D eigenvalue weighted by Crippen LogP contribution is 2.58. The van der Waals surface area contributed by atoms with Crippen LogP contribution in [-0.4, -0.2) is 9.67 Å². The first-order valence-corrected chi connectivity index (χ1v) is 11.9. The maximum absolute atomic E-state index is 10.7. The van der Waals surface area contributed by atoms with Crippen LogP contribution in [0.5, 0.6) is 5.88 Å². The van der Waals surface area contributed by atoms with E-state index >= 15 is 0 Å². The molecule has 6 heteroatoms. The van der Waals surface area contributed by atoms with Gasteiger partial charge < -0.3 is 9.52 Å². The van der Waals surface area contributed by atoms with Gasteiger partial charge in [-0.1, -0.05) is 59.4 Å². The van der Waals surface area contributed by atoms with E-state index in [0.717, 1.165) is 19.4 Å². The second-order valence-electron chi connectivity index (χ2n) is 8.10. The van der Waals surface area contributed by atoms with Crippen molar-refractivity contribution in [1.29, 1.82) is 0 Å². The molecule has 0 saturated heterocycles. The van der Waals surface area contributed by atoms with Crippen LogP contribution in [0.1, 0.15) is 75.7 Å². The molecule has 0 saturated carbocycles. The Hall–Kier alpha value is -0.850. The number of hydrogen-bond acceptors (Lipinski definition) is 5. The van der Waals surface area contributed by atoms with Gasteiger partial charge in [-0.3, -0.25) is 4.57 Å². The minimum atomic E-state index is 0.0123. The zero-order valence-electron chi connectivity index (χ0n) is 16.6. The van der Waals surface area contributed by atoms with Gasteiger partial charge in [-0.15, -0.1) is 23.5 Å². The number of unbranched alkanes of at least 4 members (excludes halogenated alkanes) is 4. The Labute approximate surface area is 175 Å². The van der Waals surface area contributed by atoms with Gasteiger partial charge in [0.25, 0.3) is 4.84 Å². The highest BCUT2D eigenvalue weighted by atomic mass is 32.2. The van der Waals surface area contributed by atoms with Crippen LogP contribution in [0.15, 0.2) is 32.4 Å². The van der Waals surface area contributed by atoms with Gasteiger partial charge in [-0.05, 0) is 41.7 Å². The Morgan fingerprint density at radius 3 is 2.52 bits per heavy atom. The van der Waals surface area contributed by atoms with E-state index in [2.05, 4.69) is 45.9 Å². The fraction of sp³-hybridized carbons (Fsp3) is 0.571. The molecule has 2 heterocycles. The summed E-state index contributed by atoms with van der Waals surface area (Å²) in [6, 6.07) is 6.65. The summed E-state index contributed by atoms with van der Waals surface area (Å²) in [5, 5.41) is 10.7. The Balaban J connectivity index is 1.72. The average molecular weight is 424 g/mol. The monoisotopic (exact) mass is 423 g/mol. The van der Waals surface area contributed by atoms with Crippen molar-refractivity contribution < 1.29 is 9.52 Å². The molecule has 0 spiro atoms. The molecule has 3 rings (SSSR count). The Bertz CT molecular complexity index is 848. The Kier molecular flexibility index (Phi) is 6.70. The molecule has 1 aromatic heterocycles. The fourth-order valence-electron chi connectivity index (χ4n) is 3.16. The molecular weight excluding hydrogens is 394 g/mol. The molecule has 0 aliphatic carbocycles. The topological polar surface area (TPSA) is 38.3 Å². The van der Waals surface area contributed by atoms with E-state index in [1.54, 1.807) is 28.1 Å². The van der Waals surface area contributed by atoms with Crippen LogP contribution in [-0.2, 0) is 12.0 Å². The van der Waals surface area contributed by atoms with Crippen molar-refractivity contribution in [2.45, 2.75) is 86.1 Å². The number of rotatable bonds is 7. The maximum Gasteiger partial charge on any atom is 0.271 e. The number of benzene rings is 1. The van der Waals surface area contributed by atoms with E-state index in [-0.39, 0.29) is 15.9 Å². The summed E-state index contributed by atoms with van der Waals surface area (Å²) in [6.07, 6.45) is 5.89. The lowest BCUT2D eigenvalue weighted by molar-refractivity contribution is 0.404. The first-order valence-electron chi connectivity index (χ1n) is 9.71. The predicted octanol–water partition coefficient (Wildman–Crippen LogP) is 7.68. The van der Waals surface area contributed by atoms with Crippen LogP contribution < -0.4 is 0 Å². The zero-order valence-corrected chi connectivity index (χ0v) is 19.0. The third-order valence-electron chi connectivity index (χ3n) is 4.87. The van der Waals surface area contributed by atoms with Crippen LogP contribution in [0, 0.1) is 4.84 Å². The minimum absolute atomic E-state index is 0.0123. The lowest BCUT2D eigenvalue weighted by Crippen LogP contribution is -2.10. The average Bonchev–Trinajstić information content (AvgIpc) is 3.15. The van der Waals surface area contributed by atoms with E-state index in [1.807, 2.05) is 0 Å². The van der Waals surface area contributed by atoms with Crippen LogP contribution >= 0.6 is 35.7 Å². The van der Waals surface area contributed by atoms with Gasteiger partial charge in [0.05, 0.1) is 0 Å². The second kappa shape index (κ2) is 8.66. The first kappa shape index (κ1) is 20.9. The van der Waals surface area contributed by atoms with Gasteiger partial charge >= 0.3 is 0 Å². The van der Waals surface area contributed by atoms with Crippen molar-refractivity contribution in [3.8, 4) is 5.88 Å². The molecule has 1 aromatic carbocycles. The molecule has 1 atom stereocenters. The molecular formula is C21H29NO2S3. The van der Waals surface area contributed by atoms with Gasteiger partial charge in [0.15, 0.2) is 5.76 Å². The van der Waals surface area contributed by atoms with E-state index in [9.17, 15) is 5.11 Å². The largest absolute Gasteiger partial charge is 0.492 e. The van der Waals surface area contributed by atoms with Gasteiger partial charge in [0.1, 0.15) is 4.58 Å². The molecule has 0 fully saturated rings. The van der Waals surface area contributed by atoms with Crippen molar-refractivity contribution >= 4 is 35.7 Å². The van der Waals surface area contributed by atoms with Crippen LogP contribution in [0.2, 0.25) is 0 Å². The highest BCUT2D eigenvalue weighted by Gasteiger charge is 2.32. The standard InChI is InChI=1S/C21H29NO2S3/c1-5-6-7-8-9-12-22-18(23)17(24-20(22)25)19-26-15-11-10-14(21(2,3)4)13-16(15)27-19/h10-11,13,19,23H,5-9,12H2,1-4H3. The van der Waals surface area contributed by atoms with Gasteiger partial charge in [-0.25, -0.2) is 0 Å². The lowest BCUT2D eigenvalue weighted by Gasteiger charge is -2.19. The normalized spacial score (nSPS) is 16.7. The molecule has 0 radical (unpaired) electrons. The van der Waals surface area contributed by atoms with E-state index in [0.29, 0.717) is 10.6 Å². The summed E-state index contributed by atoms with van der Waals surface area (Å²) in [5.74, 6) is 0.793. The summed E-state index contributed by atoms with van der Waals surface area (Å²) in [7, 11) is 0. The number of nitrogens with zero attached hydrogens (tertiary/aromatic N) is 1. The van der Waals surface area contributed by atoms with E-state index in [4.69, 9.17) is 16.6 Å². The number of aromatic hydroxyl groups is 1. The van der Waals surface area contributed by atoms with Crippen molar-refractivity contribution in [3.63, 3.8) is 0 Å². The fourth-order valence-corrected chi connectivity index (χ4v) is 6.22. The van der Waals surface area contributed by atoms with E-state index < -0.39 is 0 Å². The van der Waals surface area contributed by atoms with Crippen LogP contribution in [0.3, 0.4) is 0 Å². The van der Waals surface area contributed by atoms with Crippen molar-refractivity contribution in [1.82, 2.24) is 4.57 Å². The molecule has 1 N–H and O–H groups in total. The number of oxazole rings is 1. The molecule has 0 amide bonds. The molecule has 3 nitrogen and oxygen atoms in total. The quantitative estimate of drug-likeness (QED) is 0.365. The summed E-state index contributed by atoms with van der Waals surface area (Å²) in [5.41, 5.74) is 1.45. The van der Waals surface area contributed by atoms with E-state index in [1.165, 1.54) is 34.6 Å². The molecule has 1 aliphatic heterocycles. The third-order valence-corrected chi connectivity index (χ3v) is 7.94. The van der Waals surface area contributed by atoms with Crippen molar-refractivity contribution in [2.75, 3.05) is 0 Å². The third kappa shape index (κ3) is 4.77. The zero-order chi connectivity index (χ0) is 19.6. The van der Waals surface area contributed by atoms with Crippen LogP contribution in [0.4, 0.5) is 0 Å². The number of hydrogen-bond donors (Lipinski definition) is 1. The summed E-state index contributed by atoms with van der Waals surface area (Å²) in [4.78, 5) is 2.88. The molecule has 148 valence electrons. The Morgan fingerprint density at radius 1 is 1.11 bits per heavy atom. The molecule has 27 heavy (non-hydrogen) atoms. The molecule has 0 bridgehead atoms. The molecule has 2 aromatic rings. The molecule has 1 aliphatic rings. The maximum atomic E-state index is 10.7. The van der Waals surface area contributed by atoms with Crippen LogP contribution in [0.25, 0.3) is 0 Å². The highest BCUT2D eigenvalue weighted by molar-refractivity contribution is 8.18. The lowest BCUT2D eigenvalue weighted by atomic mass is 9.87. The number of thioether (sulfide) groups is 2. The summed E-state index contributed by atoms with van der Waals surface area (Å²) in [6.45, 7) is 9.61. The smallest absolute Gasteiger partial charge is 0.271 e. The summed E-state index contributed by atoms with van der Waals surface area (Å²) < 4.78 is 7.59. The summed E-state index contributed by atoms with van der Waals surface area (Å²) >= 11 is 8.84. The van der Waals surface area contributed by atoms with Crippen molar-refractivity contribution in [3.05, 3.63) is 34.4 Å². The molecule has 1 unspecified atom stereocenters. The Morgan fingerprint density at radius 2 is 1.81 bits per heavy atom. The predicted molar refractivity (Wildman–Crippen MR) is 118 cm³/mol. The van der Waals surface area contributed by atoms with Gasteiger partial charge in [0.2, 0.25) is 5.88 Å². The minimum Gasteiger partial charge on any atom is -0.492 e. The number of fused-ring (bicyclic) bond motifs is 1. The van der Waals surface area contributed by atoms with Crippen molar-refractivity contribution in [2.24, 2.45) is 0 Å². The van der Waals surface area contributed by atoms with Gasteiger partial charge in [0, 0.05) is 16.3 Å².